The third-order valence-electron chi connectivity index (χ3n) is 4.48. The third-order valence-corrected chi connectivity index (χ3v) is 4.48. The second-order valence-electron chi connectivity index (χ2n) is 6.71. The van der Waals surface area contributed by atoms with Gasteiger partial charge in [0.15, 0.2) is 0 Å². The van der Waals surface area contributed by atoms with Crippen molar-refractivity contribution >= 4 is 0 Å². The van der Waals surface area contributed by atoms with Crippen LogP contribution in [0.3, 0.4) is 0 Å². The first-order chi connectivity index (χ1) is 12.2. The molecule has 0 aromatic carbocycles. The van der Waals surface area contributed by atoms with Gasteiger partial charge in [-0.25, -0.2) is 9.97 Å². The highest BCUT2D eigenvalue weighted by molar-refractivity contribution is 5.14. The molecule has 144 valence electrons. The van der Waals surface area contributed by atoms with Gasteiger partial charge in [-0.1, -0.05) is 85.3 Å². The fourth-order valence-corrected chi connectivity index (χ4v) is 2.87. The zero-order valence-electron chi connectivity index (χ0n) is 17.8. The molecule has 1 rings (SSSR count). The second kappa shape index (κ2) is 16.3. The molecule has 1 unspecified atom stereocenters. The molecule has 0 spiro atoms. The highest BCUT2D eigenvalue weighted by Gasteiger charge is 2.11. The van der Waals surface area contributed by atoms with Crippen LogP contribution in [-0.4, -0.2) is 9.97 Å². The van der Waals surface area contributed by atoms with E-state index in [2.05, 4.69) is 44.8 Å². The van der Waals surface area contributed by atoms with E-state index in [0.29, 0.717) is 5.92 Å². The summed E-state index contributed by atoms with van der Waals surface area (Å²) in [4.78, 5) is 9.31. The van der Waals surface area contributed by atoms with Gasteiger partial charge >= 0.3 is 0 Å². The molecular formula is C23H42N2. The van der Waals surface area contributed by atoms with Crippen LogP contribution in [0.1, 0.15) is 104 Å². The van der Waals surface area contributed by atoms with Crippen molar-refractivity contribution in [3.63, 3.8) is 0 Å². The number of aromatic nitrogens is 2. The summed E-state index contributed by atoms with van der Waals surface area (Å²) in [5.74, 6) is 1.65. The largest absolute Gasteiger partial charge is 0.241 e. The summed E-state index contributed by atoms with van der Waals surface area (Å²) in [5.41, 5.74) is 2.74. The van der Waals surface area contributed by atoms with E-state index < -0.39 is 0 Å². The maximum atomic E-state index is 4.79. The number of unbranched alkanes of at least 4 members (excludes halogenated alkanes) is 4. The Labute approximate surface area is 157 Å². The normalized spacial score (nSPS) is 12.5. The molecule has 1 atom stereocenters. The Kier molecular flexibility index (Phi) is 15.5. The lowest BCUT2D eigenvalue weighted by Crippen LogP contribution is -2.07. The van der Waals surface area contributed by atoms with Crippen molar-refractivity contribution in [1.82, 2.24) is 9.97 Å². The lowest BCUT2D eigenvalue weighted by atomic mass is 9.91. The van der Waals surface area contributed by atoms with Crippen LogP contribution in [0.4, 0.5) is 0 Å². The fraction of sp³-hybridized carbons (Fsp3) is 0.739. The molecule has 0 aliphatic heterocycles. The van der Waals surface area contributed by atoms with Crippen molar-refractivity contribution in [2.75, 3.05) is 0 Å². The predicted molar refractivity (Wildman–Crippen MR) is 112 cm³/mol. The Bertz CT molecular complexity index is 451. The van der Waals surface area contributed by atoms with E-state index in [1.807, 2.05) is 20.0 Å². The van der Waals surface area contributed by atoms with E-state index in [9.17, 15) is 0 Å². The molecule has 1 aromatic rings. The summed E-state index contributed by atoms with van der Waals surface area (Å²) >= 11 is 0. The molecule has 2 nitrogen and oxygen atoms in total. The average Bonchev–Trinajstić information content (AvgIpc) is 2.65. The van der Waals surface area contributed by atoms with Crippen molar-refractivity contribution in [3.8, 4) is 0 Å². The van der Waals surface area contributed by atoms with Crippen molar-refractivity contribution < 1.29 is 0 Å². The van der Waals surface area contributed by atoms with E-state index in [4.69, 9.17) is 4.98 Å². The Morgan fingerprint density at radius 2 is 1.76 bits per heavy atom. The maximum absolute atomic E-state index is 4.79. The number of rotatable bonds is 12. The van der Waals surface area contributed by atoms with Gasteiger partial charge < -0.3 is 0 Å². The smallest absolute Gasteiger partial charge is 0.132 e. The molecule has 0 N–H and O–H groups in total. The van der Waals surface area contributed by atoms with Crippen LogP contribution >= 0.6 is 0 Å². The molecule has 0 saturated heterocycles. The van der Waals surface area contributed by atoms with Crippen LogP contribution in [0.15, 0.2) is 23.9 Å². The second-order valence-corrected chi connectivity index (χ2v) is 6.71. The van der Waals surface area contributed by atoms with Crippen LogP contribution in [0.25, 0.3) is 0 Å². The van der Waals surface area contributed by atoms with E-state index in [-0.39, 0.29) is 0 Å². The van der Waals surface area contributed by atoms with Crippen molar-refractivity contribution in [2.45, 2.75) is 106 Å². The van der Waals surface area contributed by atoms with Gasteiger partial charge in [-0.15, -0.1) is 0 Å². The van der Waals surface area contributed by atoms with Gasteiger partial charge in [-0.2, -0.15) is 0 Å². The molecule has 25 heavy (non-hydrogen) atoms. The Hall–Kier alpha value is -1.18. The molecule has 1 aromatic heterocycles. The van der Waals surface area contributed by atoms with Gasteiger partial charge in [-0.05, 0) is 37.7 Å². The molecular weight excluding hydrogens is 304 g/mol. The number of aryl methyl sites for hydroxylation is 1. The minimum absolute atomic E-state index is 0.649. The molecule has 0 bridgehead atoms. The summed E-state index contributed by atoms with van der Waals surface area (Å²) in [5, 5.41) is 0. The van der Waals surface area contributed by atoms with Gasteiger partial charge in [0.25, 0.3) is 0 Å². The molecule has 0 saturated carbocycles. The first-order valence-electron chi connectivity index (χ1n) is 10.7. The molecule has 1 heterocycles. The molecule has 0 amide bonds. The zero-order valence-corrected chi connectivity index (χ0v) is 17.8. The number of hydrogen-bond acceptors (Lipinski definition) is 2. The minimum atomic E-state index is 0.649. The number of nitrogens with zero attached hydrogens (tertiary/aromatic N) is 2. The van der Waals surface area contributed by atoms with Crippen molar-refractivity contribution in [1.29, 1.82) is 0 Å². The van der Waals surface area contributed by atoms with Crippen LogP contribution in [-0.2, 0) is 12.8 Å². The quantitative estimate of drug-likeness (QED) is 0.292. The summed E-state index contributed by atoms with van der Waals surface area (Å²) < 4.78 is 0. The number of allylic oxidation sites excluding steroid dienone is 2. The van der Waals surface area contributed by atoms with E-state index in [0.717, 1.165) is 18.7 Å². The molecule has 0 radical (unpaired) electrons. The molecule has 0 fully saturated rings. The summed E-state index contributed by atoms with van der Waals surface area (Å²) in [6.07, 6.45) is 16.4. The van der Waals surface area contributed by atoms with E-state index >= 15 is 0 Å². The average molecular weight is 347 g/mol. The molecule has 0 aliphatic carbocycles. The minimum Gasteiger partial charge on any atom is -0.241 e. The molecule has 2 heteroatoms. The van der Waals surface area contributed by atoms with Crippen LogP contribution in [0.5, 0.6) is 0 Å². The zero-order chi connectivity index (χ0) is 18.9. The SMILES string of the molecule is CC.CCC/C=C(/Cc1nccc(CCCC)n1)C(C)CCCCC. The number of hydrogen-bond donors (Lipinski definition) is 0. The monoisotopic (exact) mass is 346 g/mol. The van der Waals surface area contributed by atoms with Crippen LogP contribution in [0.2, 0.25) is 0 Å². The summed E-state index contributed by atoms with van der Waals surface area (Å²) in [7, 11) is 0. The highest BCUT2D eigenvalue weighted by atomic mass is 14.9. The van der Waals surface area contributed by atoms with Crippen LogP contribution in [0, 0.1) is 5.92 Å². The third kappa shape index (κ3) is 11.1. The van der Waals surface area contributed by atoms with Gasteiger partial charge in [0.2, 0.25) is 0 Å². The standard InChI is InChI=1S/C21H36N2.C2H6/c1-5-8-11-12-18(4)19(13-9-6-2)17-21-22-16-15-20(23-21)14-10-7-3;1-2/h13,15-16,18H,5-12,14,17H2,1-4H3;1-2H3/b19-13-;. The first kappa shape index (κ1) is 23.8. The topological polar surface area (TPSA) is 25.8 Å². The van der Waals surface area contributed by atoms with Crippen molar-refractivity contribution in [2.24, 2.45) is 5.92 Å². The first-order valence-corrected chi connectivity index (χ1v) is 10.7. The van der Waals surface area contributed by atoms with E-state index in [1.165, 1.54) is 62.6 Å². The van der Waals surface area contributed by atoms with Crippen molar-refractivity contribution in [3.05, 3.63) is 35.4 Å². The van der Waals surface area contributed by atoms with E-state index in [1.54, 1.807) is 0 Å². The van der Waals surface area contributed by atoms with Gasteiger partial charge in [0.1, 0.15) is 5.82 Å². The predicted octanol–water partition coefficient (Wildman–Crippen LogP) is 7.33. The summed E-state index contributed by atoms with van der Waals surface area (Å²) in [6.45, 7) is 13.1. The lowest BCUT2D eigenvalue weighted by Gasteiger charge is -2.16. The van der Waals surface area contributed by atoms with Crippen LogP contribution < -0.4 is 0 Å². The summed E-state index contributed by atoms with van der Waals surface area (Å²) in [6, 6.07) is 2.07. The Balaban J connectivity index is 0.00000277. The Morgan fingerprint density at radius 1 is 1.04 bits per heavy atom. The molecule has 0 aliphatic rings. The maximum Gasteiger partial charge on any atom is 0.132 e. The highest BCUT2D eigenvalue weighted by Crippen LogP contribution is 2.22. The van der Waals surface area contributed by atoms with Gasteiger partial charge in [0.05, 0.1) is 0 Å². The lowest BCUT2D eigenvalue weighted by molar-refractivity contribution is 0.541. The Morgan fingerprint density at radius 3 is 2.40 bits per heavy atom. The van der Waals surface area contributed by atoms with Gasteiger partial charge in [-0.3, -0.25) is 0 Å². The fourth-order valence-electron chi connectivity index (χ4n) is 2.87. The van der Waals surface area contributed by atoms with Gasteiger partial charge in [0, 0.05) is 18.3 Å².